The van der Waals surface area contributed by atoms with Gasteiger partial charge in [-0.05, 0) is 44.4 Å². The molecule has 1 saturated heterocycles. The minimum Gasteiger partial charge on any atom is -0.373 e. The van der Waals surface area contributed by atoms with Crippen molar-refractivity contribution in [2.24, 2.45) is 0 Å². The molecule has 3 rings (SSSR count). The molecule has 1 N–H and O–H groups in total. The normalized spacial score (nSPS) is 17.5. The number of aryl methyl sites for hydroxylation is 2. The Morgan fingerprint density at radius 1 is 1.48 bits per heavy atom. The molecular formula is C17H22N4O2. The highest BCUT2D eigenvalue weighted by Crippen LogP contribution is 2.33. The number of nitrogens with one attached hydrogen (secondary N) is 1. The van der Waals surface area contributed by atoms with Crippen molar-refractivity contribution >= 4 is 11.7 Å². The van der Waals surface area contributed by atoms with Crippen molar-refractivity contribution in [3.63, 3.8) is 0 Å². The molecule has 1 aliphatic heterocycles. The zero-order valence-electron chi connectivity index (χ0n) is 13.8. The van der Waals surface area contributed by atoms with Crippen molar-refractivity contribution in [2.45, 2.75) is 39.2 Å². The highest BCUT2D eigenvalue weighted by Gasteiger charge is 2.31. The second-order valence-electron chi connectivity index (χ2n) is 5.95. The SMILES string of the molecule is CNc1cc(C2CCCN2C(=O)Cc2c(C)noc2C)ccn1. The maximum Gasteiger partial charge on any atom is 0.227 e. The Bertz CT molecular complexity index is 691. The molecule has 6 nitrogen and oxygen atoms in total. The first-order chi connectivity index (χ1) is 11.1. The Hall–Kier alpha value is -2.37. The van der Waals surface area contributed by atoms with Gasteiger partial charge in [-0.3, -0.25) is 4.79 Å². The summed E-state index contributed by atoms with van der Waals surface area (Å²) in [6.07, 6.45) is 4.15. The van der Waals surface area contributed by atoms with Gasteiger partial charge in [0, 0.05) is 25.4 Å². The van der Waals surface area contributed by atoms with Gasteiger partial charge in [-0.25, -0.2) is 4.98 Å². The van der Waals surface area contributed by atoms with E-state index in [1.54, 1.807) is 6.20 Å². The van der Waals surface area contributed by atoms with Crippen LogP contribution >= 0.6 is 0 Å². The number of nitrogens with zero attached hydrogens (tertiary/aromatic N) is 3. The first-order valence-electron chi connectivity index (χ1n) is 7.95. The molecule has 0 radical (unpaired) electrons. The summed E-state index contributed by atoms with van der Waals surface area (Å²) in [6, 6.07) is 4.14. The largest absolute Gasteiger partial charge is 0.373 e. The molecule has 1 fully saturated rings. The molecule has 1 unspecified atom stereocenters. The Labute approximate surface area is 135 Å². The molecular weight excluding hydrogens is 292 g/mol. The molecule has 2 aromatic heterocycles. The number of hydrogen-bond acceptors (Lipinski definition) is 5. The average molecular weight is 314 g/mol. The van der Waals surface area contributed by atoms with Crippen LogP contribution in [0.25, 0.3) is 0 Å². The van der Waals surface area contributed by atoms with Crippen LogP contribution in [0.15, 0.2) is 22.9 Å². The topological polar surface area (TPSA) is 71.3 Å². The van der Waals surface area contributed by atoms with Gasteiger partial charge in [0.2, 0.25) is 5.91 Å². The van der Waals surface area contributed by atoms with E-state index in [0.717, 1.165) is 47.8 Å². The van der Waals surface area contributed by atoms with E-state index in [1.165, 1.54) is 0 Å². The smallest absolute Gasteiger partial charge is 0.227 e. The lowest BCUT2D eigenvalue weighted by molar-refractivity contribution is -0.131. The lowest BCUT2D eigenvalue weighted by Crippen LogP contribution is -2.32. The van der Waals surface area contributed by atoms with Crippen LogP contribution in [0, 0.1) is 13.8 Å². The van der Waals surface area contributed by atoms with E-state index in [9.17, 15) is 4.79 Å². The second kappa shape index (κ2) is 6.40. The molecule has 2 aromatic rings. The standard InChI is InChI=1S/C17H22N4O2/c1-11-14(12(2)23-20-11)10-17(22)21-8-4-5-15(21)13-6-7-19-16(9-13)18-3/h6-7,9,15H,4-5,8,10H2,1-3H3,(H,18,19). The van der Waals surface area contributed by atoms with E-state index in [1.807, 2.05) is 37.9 Å². The molecule has 1 atom stereocenters. The van der Waals surface area contributed by atoms with E-state index in [4.69, 9.17) is 4.52 Å². The number of rotatable bonds is 4. The number of hydrogen-bond donors (Lipinski definition) is 1. The lowest BCUT2D eigenvalue weighted by Gasteiger charge is -2.25. The average Bonchev–Trinajstić information content (AvgIpc) is 3.17. The van der Waals surface area contributed by atoms with E-state index in [0.29, 0.717) is 6.42 Å². The van der Waals surface area contributed by atoms with Crippen LogP contribution in [0.2, 0.25) is 0 Å². The Kier molecular flexibility index (Phi) is 4.32. The predicted octanol–water partition coefficient (Wildman–Crippen LogP) is 2.63. The molecule has 0 aromatic carbocycles. The zero-order valence-corrected chi connectivity index (χ0v) is 13.8. The second-order valence-corrected chi connectivity index (χ2v) is 5.95. The van der Waals surface area contributed by atoms with E-state index in [2.05, 4.69) is 15.5 Å². The maximum absolute atomic E-state index is 12.8. The van der Waals surface area contributed by atoms with E-state index >= 15 is 0 Å². The maximum atomic E-state index is 12.8. The number of pyridine rings is 1. The van der Waals surface area contributed by atoms with Crippen LogP contribution in [0.5, 0.6) is 0 Å². The van der Waals surface area contributed by atoms with E-state index in [-0.39, 0.29) is 11.9 Å². The van der Waals surface area contributed by atoms with E-state index < -0.39 is 0 Å². The van der Waals surface area contributed by atoms with Gasteiger partial charge in [-0.2, -0.15) is 0 Å². The molecule has 6 heteroatoms. The monoisotopic (exact) mass is 314 g/mol. The summed E-state index contributed by atoms with van der Waals surface area (Å²) in [5.74, 6) is 1.69. The van der Waals surface area contributed by atoms with Gasteiger partial charge in [-0.15, -0.1) is 0 Å². The Morgan fingerprint density at radius 2 is 2.30 bits per heavy atom. The summed E-state index contributed by atoms with van der Waals surface area (Å²) >= 11 is 0. The van der Waals surface area contributed by atoms with Gasteiger partial charge in [0.1, 0.15) is 11.6 Å². The minimum atomic E-state index is 0.123. The summed E-state index contributed by atoms with van der Waals surface area (Å²) in [7, 11) is 1.85. The summed E-state index contributed by atoms with van der Waals surface area (Å²) in [6.45, 7) is 4.53. The minimum absolute atomic E-state index is 0.123. The molecule has 1 amide bonds. The third kappa shape index (κ3) is 3.06. The van der Waals surface area contributed by atoms with Gasteiger partial charge in [-0.1, -0.05) is 5.16 Å². The third-order valence-corrected chi connectivity index (χ3v) is 4.51. The van der Waals surface area contributed by atoms with Gasteiger partial charge in [0.05, 0.1) is 18.2 Å². The number of amides is 1. The first kappa shape index (κ1) is 15.5. The van der Waals surface area contributed by atoms with Crippen LogP contribution in [0.4, 0.5) is 5.82 Å². The highest BCUT2D eigenvalue weighted by atomic mass is 16.5. The Morgan fingerprint density at radius 3 is 3.00 bits per heavy atom. The van der Waals surface area contributed by atoms with Gasteiger partial charge in [0.25, 0.3) is 0 Å². The first-order valence-corrected chi connectivity index (χ1v) is 7.95. The molecule has 3 heterocycles. The summed E-state index contributed by atoms with van der Waals surface area (Å²) < 4.78 is 5.16. The lowest BCUT2D eigenvalue weighted by atomic mass is 10.0. The molecule has 0 saturated carbocycles. The molecule has 0 bridgehead atoms. The molecule has 0 spiro atoms. The van der Waals surface area contributed by atoms with Crippen LogP contribution < -0.4 is 5.32 Å². The highest BCUT2D eigenvalue weighted by molar-refractivity contribution is 5.80. The Balaban J connectivity index is 1.79. The van der Waals surface area contributed by atoms with Crippen LogP contribution in [-0.2, 0) is 11.2 Å². The van der Waals surface area contributed by atoms with Crippen molar-refractivity contribution in [2.75, 3.05) is 18.9 Å². The molecule has 23 heavy (non-hydrogen) atoms. The third-order valence-electron chi connectivity index (χ3n) is 4.51. The summed E-state index contributed by atoms with van der Waals surface area (Å²) in [4.78, 5) is 19.0. The molecule has 0 aliphatic carbocycles. The summed E-state index contributed by atoms with van der Waals surface area (Å²) in [5.41, 5.74) is 2.84. The number of aromatic nitrogens is 2. The zero-order chi connectivity index (χ0) is 16.4. The van der Waals surface area contributed by atoms with Crippen molar-refractivity contribution < 1.29 is 9.32 Å². The number of carbonyl (C=O) groups excluding carboxylic acids is 1. The fourth-order valence-electron chi connectivity index (χ4n) is 3.21. The number of carbonyl (C=O) groups is 1. The van der Waals surface area contributed by atoms with Crippen molar-refractivity contribution in [3.05, 3.63) is 40.9 Å². The predicted molar refractivity (Wildman–Crippen MR) is 87.2 cm³/mol. The van der Waals surface area contributed by atoms with Crippen molar-refractivity contribution in [1.82, 2.24) is 15.0 Å². The number of anilines is 1. The van der Waals surface area contributed by atoms with Crippen LogP contribution in [-0.4, -0.2) is 34.5 Å². The molecule has 1 aliphatic rings. The molecule has 122 valence electrons. The van der Waals surface area contributed by atoms with Crippen molar-refractivity contribution in [3.8, 4) is 0 Å². The van der Waals surface area contributed by atoms with Crippen LogP contribution in [0.3, 0.4) is 0 Å². The fourth-order valence-corrected chi connectivity index (χ4v) is 3.21. The quantitative estimate of drug-likeness (QED) is 0.939. The van der Waals surface area contributed by atoms with Gasteiger partial charge in [0.15, 0.2) is 0 Å². The van der Waals surface area contributed by atoms with Gasteiger partial charge >= 0.3 is 0 Å². The number of likely N-dealkylation sites (tertiary alicyclic amines) is 1. The summed E-state index contributed by atoms with van der Waals surface area (Å²) in [5, 5.41) is 6.98. The fraction of sp³-hybridized carbons (Fsp3) is 0.471. The van der Waals surface area contributed by atoms with Crippen molar-refractivity contribution in [1.29, 1.82) is 0 Å². The van der Waals surface area contributed by atoms with Crippen LogP contribution in [0.1, 0.15) is 41.5 Å². The van der Waals surface area contributed by atoms with Gasteiger partial charge < -0.3 is 14.7 Å².